The van der Waals surface area contributed by atoms with Gasteiger partial charge < -0.3 is 0 Å². The third-order valence-corrected chi connectivity index (χ3v) is 4.07. The summed E-state index contributed by atoms with van der Waals surface area (Å²) in [5, 5.41) is 2.34. The van der Waals surface area contributed by atoms with Gasteiger partial charge in [0.1, 0.15) is 5.82 Å². The lowest BCUT2D eigenvalue weighted by molar-refractivity contribution is 0.0991. The molecular weight excluding hydrogens is 297 g/mol. The van der Waals surface area contributed by atoms with Gasteiger partial charge in [0.2, 0.25) is 0 Å². The van der Waals surface area contributed by atoms with Crippen LogP contribution in [0.2, 0.25) is 5.02 Å². The molecule has 0 amide bonds. The number of Topliss-reactive ketones (excluding diaryl/α,β-unsaturated/α-hetero) is 1. The third kappa shape index (κ3) is 2.57. The summed E-state index contributed by atoms with van der Waals surface area (Å²) in [6.45, 7) is 0. The Hall–Kier alpha value is -1.78. The topological polar surface area (TPSA) is 30.0 Å². The van der Waals surface area contributed by atoms with Crippen LogP contribution < -0.4 is 0 Å². The lowest BCUT2D eigenvalue weighted by Gasteiger charge is -2.04. The fraction of sp³-hybridized carbons (Fsp3) is 0.0667. The molecule has 2 aromatic heterocycles. The SMILES string of the molecule is O=C(Cc1cc(Cl)ccc1F)c1cnc2ccsc2c1. The van der Waals surface area contributed by atoms with E-state index < -0.39 is 5.82 Å². The molecule has 0 aliphatic rings. The molecule has 0 aliphatic heterocycles. The highest BCUT2D eigenvalue weighted by Crippen LogP contribution is 2.21. The monoisotopic (exact) mass is 305 g/mol. The molecule has 0 unspecified atom stereocenters. The van der Waals surface area contributed by atoms with Crippen molar-refractivity contribution in [3.05, 3.63) is 63.9 Å². The number of hydrogen-bond acceptors (Lipinski definition) is 3. The molecule has 5 heteroatoms. The van der Waals surface area contributed by atoms with E-state index in [1.165, 1.54) is 35.7 Å². The predicted octanol–water partition coefficient (Wildman–Crippen LogP) is 4.51. The minimum atomic E-state index is -0.423. The number of carbonyl (C=O) groups excluding carboxylic acids is 1. The van der Waals surface area contributed by atoms with E-state index in [0.717, 1.165) is 10.2 Å². The molecule has 1 aromatic carbocycles. The van der Waals surface area contributed by atoms with Gasteiger partial charge >= 0.3 is 0 Å². The second-order valence-electron chi connectivity index (χ2n) is 4.36. The van der Waals surface area contributed by atoms with Crippen LogP contribution in [0.5, 0.6) is 0 Å². The van der Waals surface area contributed by atoms with Gasteiger partial charge in [-0.25, -0.2) is 4.39 Å². The number of benzene rings is 1. The van der Waals surface area contributed by atoms with E-state index in [1.807, 2.05) is 11.4 Å². The van der Waals surface area contributed by atoms with Crippen molar-refractivity contribution in [2.24, 2.45) is 0 Å². The van der Waals surface area contributed by atoms with Gasteiger partial charge in [-0.3, -0.25) is 9.78 Å². The molecular formula is C15H9ClFNOS. The van der Waals surface area contributed by atoms with Crippen LogP contribution >= 0.6 is 22.9 Å². The normalized spacial score (nSPS) is 10.9. The van der Waals surface area contributed by atoms with Gasteiger partial charge in [0.25, 0.3) is 0 Å². The molecule has 3 rings (SSSR count). The molecule has 0 radical (unpaired) electrons. The molecule has 3 aromatic rings. The van der Waals surface area contributed by atoms with Crippen molar-refractivity contribution in [1.29, 1.82) is 0 Å². The number of thiophene rings is 1. The molecule has 2 heterocycles. The molecule has 2 nitrogen and oxygen atoms in total. The maximum Gasteiger partial charge on any atom is 0.168 e. The van der Waals surface area contributed by atoms with Crippen molar-refractivity contribution in [2.45, 2.75) is 6.42 Å². The molecule has 0 fully saturated rings. The van der Waals surface area contributed by atoms with Crippen LogP contribution in [0.1, 0.15) is 15.9 Å². The summed E-state index contributed by atoms with van der Waals surface area (Å²) in [7, 11) is 0. The standard InChI is InChI=1S/C15H9ClFNOS/c16-11-1-2-12(17)9(5-11)6-14(19)10-7-15-13(18-8-10)3-4-20-15/h1-5,7-8H,6H2. The minimum Gasteiger partial charge on any atom is -0.294 e. The highest BCUT2D eigenvalue weighted by atomic mass is 35.5. The van der Waals surface area contributed by atoms with Crippen LogP contribution in [0.4, 0.5) is 4.39 Å². The van der Waals surface area contributed by atoms with Crippen LogP contribution in [0, 0.1) is 5.82 Å². The molecule has 0 N–H and O–H groups in total. The summed E-state index contributed by atoms with van der Waals surface area (Å²) < 4.78 is 14.6. The molecule has 20 heavy (non-hydrogen) atoms. The van der Waals surface area contributed by atoms with E-state index >= 15 is 0 Å². The quantitative estimate of drug-likeness (QED) is 0.666. The van der Waals surface area contributed by atoms with Gasteiger partial charge in [0.05, 0.1) is 10.2 Å². The maximum atomic E-state index is 13.6. The van der Waals surface area contributed by atoms with E-state index in [9.17, 15) is 9.18 Å². The van der Waals surface area contributed by atoms with Crippen LogP contribution in [-0.2, 0) is 6.42 Å². The number of ketones is 1. The van der Waals surface area contributed by atoms with Crippen molar-refractivity contribution in [2.75, 3.05) is 0 Å². The summed E-state index contributed by atoms with van der Waals surface area (Å²) in [4.78, 5) is 16.4. The third-order valence-electron chi connectivity index (χ3n) is 2.98. The van der Waals surface area contributed by atoms with Crippen molar-refractivity contribution >= 4 is 38.9 Å². The van der Waals surface area contributed by atoms with Gasteiger partial charge in [0, 0.05) is 23.2 Å². The first-order valence-electron chi connectivity index (χ1n) is 5.94. The highest BCUT2D eigenvalue weighted by molar-refractivity contribution is 7.17. The highest BCUT2D eigenvalue weighted by Gasteiger charge is 2.12. The number of halogens is 2. The average Bonchev–Trinajstić information content (AvgIpc) is 2.90. The summed E-state index contributed by atoms with van der Waals surface area (Å²) in [5.41, 5.74) is 1.65. The Bertz CT molecular complexity index is 799. The summed E-state index contributed by atoms with van der Waals surface area (Å²) in [6, 6.07) is 7.89. The Morgan fingerprint density at radius 1 is 1.30 bits per heavy atom. The lowest BCUT2D eigenvalue weighted by Crippen LogP contribution is -2.05. The summed E-state index contributed by atoms with van der Waals surface area (Å²) in [5.74, 6) is -0.595. The van der Waals surface area contributed by atoms with E-state index in [2.05, 4.69) is 4.98 Å². The Morgan fingerprint density at radius 2 is 2.15 bits per heavy atom. The van der Waals surface area contributed by atoms with Crippen LogP contribution in [0.15, 0.2) is 41.9 Å². The molecule has 100 valence electrons. The second kappa shape index (κ2) is 5.31. The van der Waals surface area contributed by atoms with E-state index in [4.69, 9.17) is 11.6 Å². The lowest BCUT2D eigenvalue weighted by atomic mass is 10.0. The Labute approximate surface area is 123 Å². The first-order chi connectivity index (χ1) is 9.63. The number of pyridine rings is 1. The number of carbonyl (C=O) groups is 1. The Morgan fingerprint density at radius 3 is 3.00 bits per heavy atom. The van der Waals surface area contributed by atoms with Gasteiger partial charge in [-0.2, -0.15) is 0 Å². The summed E-state index contributed by atoms with van der Waals surface area (Å²) in [6.07, 6.45) is 1.50. The zero-order chi connectivity index (χ0) is 14.1. The zero-order valence-corrected chi connectivity index (χ0v) is 11.8. The number of nitrogens with zero attached hydrogens (tertiary/aromatic N) is 1. The number of aromatic nitrogens is 1. The van der Waals surface area contributed by atoms with Crippen LogP contribution in [0.25, 0.3) is 10.2 Å². The van der Waals surface area contributed by atoms with Crippen LogP contribution in [-0.4, -0.2) is 10.8 Å². The van der Waals surface area contributed by atoms with E-state index in [0.29, 0.717) is 16.1 Å². The van der Waals surface area contributed by atoms with E-state index in [-0.39, 0.29) is 12.2 Å². The molecule has 0 spiro atoms. The first-order valence-corrected chi connectivity index (χ1v) is 7.19. The Balaban J connectivity index is 1.90. The largest absolute Gasteiger partial charge is 0.294 e. The zero-order valence-electron chi connectivity index (χ0n) is 10.3. The van der Waals surface area contributed by atoms with Gasteiger partial charge in [-0.15, -0.1) is 11.3 Å². The Kier molecular flexibility index (Phi) is 3.51. The summed E-state index contributed by atoms with van der Waals surface area (Å²) >= 11 is 7.34. The molecule has 0 aliphatic carbocycles. The van der Waals surface area contributed by atoms with Gasteiger partial charge in [-0.05, 0) is 41.3 Å². The predicted molar refractivity (Wildman–Crippen MR) is 79.1 cm³/mol. The molecule has 0 saturated carbocycles. The van der Waals surface area contributed by atoms with Gasteiger partial charge in [0.15, 0.2) is 5.78 Å². The second-order valence-corrected chi connectivity index (χ2v) is 5.75. The van der Waals surface area contributed by atoms with Crippen LogP contribution in [0.3, 0.4) is 0 Å². The number of hydrogen-bond donors (Lipinski definition) is 0. The number of fused-ring (bicyclic) bond motifs is 1. The number of rotatable bonds is 3. The molecule has 0 atom stereocenters. The van der Waals surface area contributed by atoms with Crippen molar-refractivity contribution in [3.63, 3.8) is 0 Å². The first kappa shape index (κ1) is 13.2. The van der Waals surface area contributed by atoms with Crippen molar-refractivity contribution in [1.82, 2.24) is 4.98 Å². The maximum absolute atomic E-state index is 13.6. The molecule has 0 bridgehead atoms. The van der Waals surface area contributed by atoms with Crippen molar-refractivity contribution < 1.29 is 9.18 Å². The average molecular weight is 306 g/mol. The molecule has 0 saturated heterocycles. The van der Waals surface area contributed by atoms with Gasteiger partial charge in [-0.1, -0.05) is 11.6 Å². The van der Waals surface area contributed by atoms with E-state index in [1.54, 1.807) is 6.07 Å². The van der Waals surface area contributed by atoms with Crippen molar-refractivity contribution in [3.8, 4) is 0 Å². The minimum absolute atomic E-state index is 0.0229. The fourth-order valence-electron chi connectivity index (χ4n) is 1.95. The smallest absolute Gasteiger partial charge is 0.168 e. The fourth-order valence-corrected chi connectivity index (χ4v) is 2.93.